The van der Waals surface area contributed by atoms with E-state index in [4.69, 9.17) is 10.6 Å². The van der Waals surface area contributed by atoms with Crippen LogP contribution in [-0.2, 0) is 20.8 Å². The highest BCUT2D eigenvalue weighted by Crippen LogP contribution is 2.40. The van der Waals surface area contributed by atoms with Gasteiger partial charge in [0.15, 0.2) is 0 Å². The highest BCUT2D eigenvalue weighted by molar-refractivity contribution is 6.02. The predicted octanol–water partition coefficient (Wildman–Crippen LogP) is 3.31. The molecule has 2 amide bonds. The fourth-order valence-corrected chi connectivity index (χ4v) is 4.36. The van der Waals surface area contributed by atoms with Crippen LogP contribution in [-0.4, -0.2) is 31.0 Å². The number of nitrogens with one attached hydrogen (secondary N) is 1. The number of halogens is 1. The molecule has 3 atom stereocenters. The molecular formula is C26H26FN3O3. The third-order valence-electron chi connectivity index (χ3n) is 5.84. The largest absolute Gasteiger partial charge is 0.343 e. The molecule has 1 aliphatic heterocycles. The van der Waals surface area contributed by atoms with Crippen LogP contribution in [0, 0.1) is 5.82 Å². The van der Waals surface area contributed by atoms with Gasteiger partial charge in [0.1, 0.15) is 11.9 Å². The van der Waals surface area contributed by atoms with Gasteiger partial charge in [-0.05, 0) is 35.2 Å². The summed E-state index contributed by atoms with van der Waals surface area (Å²) in [5, 5.41) is 4.08. The lowest BCUT2D eigenvalue weighted by Crippen LogP contribution is -2.55. The number of hydrogen-bond acceptors (Lipinski definition) is 4. The third-order valence-corrected chi connectivity index (χ3v) is 5.84. The molecule has 1 heterocycles. The smallest absolute Gasteiger partial charge is 0.274 e. The Balaban J connectivity index is 1.58. The van der Waals surface area contributed by atoms with Crippen LogP contribution in [0.3, 0.4) is 0 Å². The van der Waals surface area contributed by atoms with Crippen LogP contribution in [0.15, 0.2) is 78.9 Å². The van der Waals surface area contributed by atoms with Crippen molar-refractivity contribution in [1.82, 2.24) is 5.32 Å². The molecule has 0 saturated carbocycles. The van der Waals surface area contributed by atoms with E-state index in [0.717, 1.165) is 11.1 Å². The van der Waals surface area contributed by atoms with Crippen LogP contribution in [0.25, 0.3) is 0 Å². The first-order valence-corrected chi connectivity index (χ1v) is 10.8. The Morgan fingerprint density at radius 3 is 2.45 bits per heavy atom. The molecule has 0 radical (unpaired) electrons. The molecule has 4 rings (SSSR count). The Bertz CT molecular complexity index is 1140. The maximum atomic E-state index is 14.0. The summed E-state index contributed by atoms with van der Waals surface area (Å²) >= 11 is 0. The Hall–Kier alpha value is -3.55. The number of para-hydroxylation sites is 1. The second-order valence-electron chi connectivity index (χ2n) is 8.07. The van der Waals surface area contributed by atoms with Gasteiger partial charge in [-0.15, -0.1) is 0 Å². The molecule has 33 heavy (non-hydrogen) atoms. The van der Waals surface area contributed by atoms with E-state index in [2.05, 4.69) is 5.32 Å². The van der Waals surface area contributed by atoms with Crippen LogP contribution in [0.4, 0.5) is 10.1 Å². The molecule has 1 aliphatic rings. The number of carbonyl (C=O) groups is 2. The molecule has 1 unspecified atom stereocenters. The van der Waals surface area contributed by atoms with Gasteiger partial charge in [-0.3, -0.25) is 14.4 Å². The lowest BCUT2D eigenvalue weighted by molar-refractivity contribution is -0.132. The molecule has 3 aromatic rings. The molecule has 6 nitrogen and oxygen atoms in total. The summed E-state index contributed by atoms with van der Waals surface area (Å²) in [5.41, 5.74) is 9.00. The third kappa shape index (κ3) is 4.79. The van der Waals surface area contributed by atoms with Crippen LogP contribution in [0.1, 0.15) is 29.0 Å². The standard InChI is InChI=1S/C26H26FN3O3/c1-33-30-22-14-8-6-12-20(22)24(17-9-3-2-4-10-17)25(26(30)32)29-23(31)16-19(28)15-18-11-5-7-13-21(18)27/h2-14,19,24-25H,15-16,28H2,1H3,(H,29,31)/t19?,24-,25+/m0/s1. The summed E-state index contributed by atoms with van der Waals surface area (Å²) < 4.78 is 14.0. The minimum absolute atomic E-state index is 0.0474. The fourth-order valence-electron chi connectivity index (χ4n) is 4.36. The minimum Gasteiger partial charge on any atom is -0.343 e. The van der Waals surface area contributed by atoms with E-state index >= 15 is 0 Å². The van der Waals surface area contributed by atoms with Crippen molar-refractivity contribution in [3.8, 4) is 0 Å². The number of anilines is 1. The molecule has 3 N–H and O–H groups in total. The van der Waals surface area contributed by atoms with Gasteiger partial charge in [-0.25, -0.2) is 4.39 Å². The van der Waals surface area contributed by atoms with E-state index in [1.807, 2.05) is 54.6 Å². The van der Waals surface area contributed by atoms with Gasteiger partial charge in [0.25, 0.3) is 5.91 Å². The summed E-state index contributed by atoms with van der Waals surface area (Å²) in [4.78, 5) is 31.7. The van der Waals surface area contributed by atoms with E-state index in [-0.39, 0.29) is 30.5 Å². The molecule has 0 fully saturated rings. The zero-order valence-corrected chi connectivity index (χ0v) is 18.3. The number of rotatable bonds is 7. The van der Waals surface area contributed by atoms with Crippen molar-refractivity contribution >= 4 is 17.5 Å². The Kier molecular flexibility index (Phi) is 6.82. The lowest BCUT2D eigenvalue weighted by Gasteiger charge is -2.38. The van der Waals surface area contributed by atoms with E-state index in [9.17, 15) is 14.0 Å². The Morgan fingerprint density at radius 2 is 1.73 bits per heavy atom. The average Bonchev–Trinajstić information content (AvgIpc) is 2.81. The molecule has 170 valence electrons. The number of benzene rings is 3. The number of nitrogens with zero attached hydrogens (tertiary/aromatic N) is 1. The minimum atomic E-state index is -0.879. The average molecular weight is 448 g/mol. The van der Waals surface area contributed by atoms with Crippen molar-refractivity contribution in [3.05, 3.63) is 101 Å². The maximum absolute atomic E-state index is 14.0. The zero-order valence-electron chi connectivity index (χ0n) is 18.3. The SMILES string of the molecule is CON1C(=O)[C@H](NC(=O)CC(N)Cc2ccccc2F)[C@@H](c2ccccc2)c2ccccc21. The number of hydrogen-bond donors (Lipinski definition) is 2. The number of nitrogens with two attached hydrogens (primary N) is 1. The quantitative estimate of drug-likeness (QED) is 0.582. The van der Waals surface area contributed by atoms with Gasteiger partial charge in [0, 0.05) is 18.4 Å². The second-order valence-corrected chi connectivity index (χ2v) is 8.07. The van der Waals surface area contributed by atoms with Gasteiger partial charge >= 0.3 is 0 Å². The van der Waals surface area contributed by atoms with Gasteiger partial charge in [0.2, 0.25) is 5.91 Å². The number of carbonyl (C=O) groups excluding carboxylic acids is 2. The first-order chi connectivity index (χ1) is 16.0. The van der Waals surface area contributed by atoms with Crippen LogP contribution >= 0.6 is 0 Å². The normalized spacial score (nSPS) is 18.5. The number of amides is 2. The topological polar surface area (TPSA) is 84.7 Å². The van der Waals surface area contributed by atoms with Crippen LogP contribution in [0.5, 0.6) is 0 Å². The van der Waals surface area contributed by atoms with E-state index in [1.54, 1.807) is 18.2 Å². The van der Waals surface area contributed by atoms with Crippen LogP contribution in [0.2, 0.25) is 0 Å². The fraction of sp³-hybridized carbons (Fsp3) is 0.231. The van der Waals surface area contributed by atoms with E-state index < -0.39 is 18.0 Å². The molecule has 0 saturated heterocycles. The predicted molar refractivity (Wildman–Crippen MR) is 124 cm³/mol. The highest BCUT2D eigenvalue weighted by Gasteiger charge is 2.42. The molecule has 3 aromatic carbocycles. The van der Waals surface area contributed by atoms with Gasteiger partial charge in [-0.1, -0.05) is 66.7 Å². The lowest BCUT2D eigenvalue weighted by atomic mass is 9.81. The summed E-state index contributed by atoms with van der Waals surface area (Å²) in [6, 6.07) is 21.9. The Morgan fingerprint density at radius 1 is 1.06 bits per heavy atom. The van der Waals surface area contributed by atoms with E-state index in [0.29, 0.717) is 11.3 Å². The molecular weight excluding hydrogens is 421 g/mol. The van der Waals surface area contributed by atoms with Crippen molar-refractivity contribution < 1.29 is 18.8 Å². The molecule has 7 heteroatoms. The summed E-state index contributed by atoms with van der Waals surface area (Å²) in [6.07, 6.45) is 0.169. The summed E-state index contributed by atoms with van der Waals surface area (Å²) in [6.45, 7) is 0. The van der Waals surface area contributed by atoms with Crippen molar-refractivity contribution in [2.24, 2.45) is 5.73 Å². The number of hydroxylamine groups is 1. The molecule has 0 aliphatic carbocycles. The van der Waals surface area contributed by atoms with E-state index in [1.165, 1.54) is 18.2 Å². The first-order valence-electron chi connectivity index (χ1n) is 10.8. The van der Waals surface area contributed by atoms with Crippen molar-refractivity contribution in [3.63, 3.8) is 0 Å². The first kappa shape index (κ1) is 22.6. The Labute approximate surface area is 192 Å². The molecule has 0 bridgehead atoms. The monoisotopic (exact) mass is 447 g/mol. The van der Waals surface area contributed by atoms with Crippen molar-refractivity contribution in [2.75, 3.05) is 12.2 Å². The summed E-state index contributed by atoms with van der Waals surface area (Å²) in [7, 11) is 1.42. The summed E-state index contributed by atoms with van der Waals surface area (Å²) in [5.74, 6) is -1.50. The molecule has 0 aromatic heterocycles. The van der Waals surface area contributed by atoms with Gasteiger partial charge in [-0.2, -0.15) is 5.06 Å². The second kappa shape index (κ2) is 9.94. The van der Waals surface area contributed by atoms with Crippen molar-refractivity contribution in [1.29, 1.82) is 0 Å². The van der Waals surface area contributed by atoms with Crippen LogP contribution < -0.4 is 16.1 Å². The number of fused-ring (bicyclic) bond motifs is 1. The zero-order chi connectivity index (χ0) is 23.4. The molecule has 0 spiro atoms. The van der Waals surface area contributed by atoms with Gasteiger partial charge < -0.3 is 11.1 Å². The van der Waals surface area contributed by atoms with Crippen molar-refractivity contribution in [2.45, 2.75) is 30.8 Å². The van der Waals surface area contributed by atoms with Gasteiger partial charge in [0.05, 0.1) is 12.8 Å². The highest BCUT2D eigenvalue weighted by atomic mass is 19.1. The maximum Gasteiger partial charge on any atom is 0.274 e.